The monoisotopic (exact) mass is 428 g/mol. The van der Waals surface area contributed by atoms with Crippen LogP contribution in [0.5, 0.6) is 0 Å². The topological polar surface area (TPSA) is 49.3 Å². The number of hydrogen-bond donors (Lipinski definition) is 0. The number of thiophene rings is 1. The Hall–Kier alpha value is -1.69. The van der Waals surface area contributed by atoms with Crippen molar-refractivity contribution in [2.24, 2.45) is 11.8 Å². The first-order chi connectivity index (χ1) is 14.5. The van der Waals surface area contributed by atoms with Crippen molar-refractivity contribution in [3.63, 3.8) is 0 Å². The normalized spacial score (nSPS) is 19.6. The Bertz CT molecular complexity index is 898. The van der Waals surface area contributed by atoms with Crippen LogP contribution in [0.2, 0.25) is 0 Å². The molecule has 1 fully saturated rings. The lowest BCUT2D eigenvalue weighted by Gasteiger charge is -2.36. The van der Waals surface area contributed by atoms with Gasteiger partial charge in [0.25, 0.3) is 0 Å². The first-order valence-electron chi connectivity index (χ1n) is 11.8. The van der Waals surface area contributed by atoms with E-state index in [1.165, 1.54) is 33.5 Å². The fraction of sp³-hybridized carbons (Fsp3) is 0.708. The summed E-state index contributed by atoms with van der Waals surface area (Å²) in [4.78, 5) is 29.8. The number of aryl methyl sites for hydroxylation is 2. The van der Waals surface area contributed by atoms with Gasteiger partial charge in [-0.1, -0.05) is 34.1 Å². The zero-order chi connectivity index (χ0) is 21.3. The maximum Gasteiger partial charge on any atom is 0.222 e. The highest BCUT2D eigenvalue weighted by Gasteiger charge is 2.28. The van der Waals surface area contributed by atoms with Crippen LogP contribution in [-0.4, -0.2) is 47.0 Å². The Kier molecular flexibility index (Phi) is 6.61. The SMILES string of the molecule is CCCCc1nc(N2CCN(C(=O)CC(C)C)CC2)c2c3c(sc2n1)C[C@H](C)CC3. The molecule has 1 amide bonds. The lowest BCUT2D eigenvalue weighted by molar-refractivity contribution is -0.132. The summed E-state index contributed by atoms with van der Waals surface area (Å²) in [5.74, 6) is 3.59. The first-order valence-corrected chi connectivity index (χ1v) is 12.6. The maximum absolute atomic E-state index is 12.5. The van der Waals surface area contributed by atoms with Gasteiger partial charge in [-0.05, 0) is 43.1 Å². The van der Waals surface area contributed by atoms with Gasteiger partial charge in [-0.3, -0.25) is 4.79 Å². The summed E-state index contributed by atoms with van der Waals surface area (Å²) in [7, 11) is 0. The minimum Gasteiger partial charge on any atom is -0.352 e. The molecule has 0 N–H and O–H groups in total. The number of rotatable bonds is 6. The summed E-state index contributed by atoms with van der Waals surface area (Å²) in [6.07, 6.45) is 7.47. The lowest BCUT2D eigenvalue weighted by atomic mass is 9.89. The van der Waals surface area contributed by atoms with Gasteiger partial charge < -0.3 is 9.80 Å². The van der Waals surface area contributed by atoms with Crippen molar-refractivity contribution in [1.82, 2.24) is 14.9 Å². The molecule has 2 aromatic heterocycles. The van der Waals surface area contributed by atoms with Crippen molar-refractivity contribution in [2.45, 2.75) is 72.6 Å². The maximum atomic E-state index is 12.5. The molecule has 1 saturated heterocycles. The zero-order valence-corrected chi connectivity index (χ0v) is 19.9. The van der Waals surface area contributed by atoms with E-state index >= 15 is 0 Å². The van der Waals surface area contributed by atoms with Gasteiger partial charge in [0.05, 0.1) is 5.39 Å². The molecular weight excluding hydrogens is 392 g/mol. The largest absolute Gasteiger partial charge is 0.352 e. The first kappa shape index (κ1) is 21.5. The molecule has 1 aliphatic heterocycles. The molecule has 0 spiro atoms. The third-order valence-electron chi connectivity index (χ3n) is 6.45. The second-order valence-corrected chi connectivity index (χ2v) is 10.6. The van der Waals surface area contributed by atoms with Crippen molar-refractivity contribution in [3.8, 4) is 0 Å². The standard InChI is InChI=1S/C24H36N4OS/c1-5-6-7-20-25-23(28-12-10-27(11-13-28)21(29)14-16(2)3)22-18-9-8-17(4)15-19(18)30-24(22)26-20/h16-17H,5-15H2,1-4H3/t17-/m1/s1. The Morgan fingerprint density at radius 1 is 1.20 bits per heavy atom. The number of hydrogen-bond acceptors (Lipinski definition) is 5. The highest BCUT2D eigenvalue weighted by molar-refractivity contribution is 7.19. The van der Waals surface area contributed by atoms with Crippen LogP contribution in [0.15, 0.2) is 0 Å². The average molecular weight is 429 g/mol. The molecule has 5 nitrogen and oxygen atoms in total. The highest BCUT2D eigenvalue weighted by Crippen LogP contribution is 2.41. The zero-order valence-electron chi connectivity index (χ0n) is 19.0. The molecular formula is C24H36N4OS. The minimum atomic E-state index is 0.294. The second kappa shape index (κ2) is 9.21. The third-order valence-corrected chi connectivity index (χ3v) is 7.60. The molecule has 1 atom stereocenters. The number of amides is 1. The van der Waals surface area contributed by atoms with Gasteiger partial charge in [-0.2, -0.15) is 0 Å². The average Bonchev–Trinajstić information content (AvgIpc) is 3.08. The van der Waals surface area contributed by atoms with Crippen LogP contribution in [0, 0.1) is 11.8 Å². The van der Waals surface area contributed by atoms with Gasteiger partial charge in [0, 0.05) is 43.9 Å². The molecule has 0 saturated carbocycles. The van der Waals surface area contributed by atoms with Crippen LogP contribution in [0.4, 0.5) is 5.82 Å². The third kappa shape index (κ3) is 4.48. The molecule has 3 heterocycles. The molecule has 2 aromatic rings. The smallest absolute Gasteiger partial charge is 0.222 e. The van der Waals surface area contributed by atoms with Crippen LogP contribution < -0.4 is 4.90 Å². The van der Waals surface area contributed by atoms with E-state index in [-0.39, 0.29) is 0 Å². The summed E-state index contributed by atoms with van der Waals surface area (Å²) >= 11 is 1.90. The van der Waals surface area contributed by atoms with E-state index in [1.807, 2.05) is 16.2 Å². The molecule has 0 aromatic carbocycles. The molecule has 0 radical (unpaired) electrons. The van der Waals surface area contributed by atoms with E-state index in [9.17, 15) is 4.79 Å². The van der Waals surface area contributed by atoms with E-state index in [0.717, 1.165) is 69.4 Å². The van der Waals surface area contributed by atoms with Crippen molar-refractivity contribution in [1.29, 1.82) is 0 Å². The fourth-order valence-corrected chi connectivity index (χ4v) is 6.08. The van der Waals surface area contributed by atoms with Gasteiger partial charge in [-0.25, -0.2) is 9.97 Å². The molecule has 30 heavy (non-hydrogen) atoms. The molecule has 0 unspecified atom stereocenters. The van der Waals surface area contributed by atoms with E-state index in [1.54, 1.807) is 0 Å². The summed E-state index contributed by atoms with van der Waals surface area (Å²) in [6, 6.07) is 0. The number of unbranched alkanes of at least 4 members (excludes halogenated alkanes) is 1. The second-order valence-electron chi connectivity index (χ2n) is 9.56. The summed E-state index contributed by atoms with van der Waals surface area (Å²) in [5.41, 5.74) is 1.50. The summed E-state index contributed by atoms with van der Waals surface area (Å²) in [5, 5.41) is 1.31. The molecule has 0 bridgehead atoms. The van der Waals surface area contributed by atoms with Crippen molar-refractivity contribution < 1.29 is 4.79 Å². The Balaban J connectivity index is 1.63. The summed E-state index contributed by atoms with van der Waals surface area (Å²) in [6.45, 7) is 12.1. The quantitative estimate of drug-likeness (QED) is 0.660. The number of aromatic nitrogens is 2. The van der Waals surface area contributed by atoms with Crippen molar-refractivity contribution in [2.75, 3.05) is 31.1 Å². The number of nitrogens with zero attached hydrogens (tertiary/aromatic N) is 4. The number of piperazine rings is 1. The number of carbonyl (C=O) groups excluding carboxylic acids is 1. The van der Waals surface area contributed by atoms with E-state index in [4.69, 9.17) is 9.97 Å². The van der Waals surface area contributed by atoms with E-state index in [2.05, 4.69) is 32.6 Å². The molecule has 2 aliphatic rings. The molecule has 164 valence electrons. The lowest BCUT2D eigenvalue weighted by Crippen LogP contribution is -2.49. The van der Waals surface area contributed by atoms with Crippen molar-refractivity contribution >= 4 is 33.3 Å². The van der Waals surface area contributed by atoms with E-state index in [0.29, 0.717) is 18.2 Å². The van der Waals surface area contributed by atoms with Crippen LogP contribution in [0.3, 0.4) is 0 Å². The predicted molar refractivity (Wildman–Crippen MR) is 125 cm³/mol. The fourth-order valence-electron chi connectivity index (χ4n) is 4.69. The Morgan fingerprint density at radius 2 is 1.97 bits per heavy atom. The number of fused-ring (bicyclic) bond motifs is 3. The van der Waals surface area contributed by atoms with E-state index < -0.39 is 0 Å². The predicted octanol–water partition coefficient (Wildman–Crippen LogP) is 4.85. The van der Waals surface area contributed by atoms with Crippen molar-refractivity contribution in [3.05, 3.63) is 16.3 Å². The van der Waals surface area contributed by atoms with Crippen LogP contribution in [0.1, 0.15) is 69.6 Å². The highest BCUT2D eigenvalue weighted by atomic mass is 32.1. The van der Waals surface area contributed by atoms with Gasteiger partial charge in [0.1, 0.15) is 16.5 Å². The molecule has 6 heteroatoms. The van der Waals surface area contributed by atoms with Crippen LogP contribution in [-0.2, 0) is 24.1 Å². The van der Waals surface area contributed by atoms with Gasteiger partial charge in [0.2, 0.25) is 5.91 Å². The number of carbonyl (C=O) groups is 1. The Labute approximate surface area is 184 Å². The van der Waals surface area contributed by atoms with Gasteiger partial charge in [0.15, 0.2) is 0 Å². The van der Waals surface area contributed by atoms with Crippen LogP contribution in [0.25, 0.3) is 10.2 Å². The molecule has 4 rings (SSSR count). The van der Waals surface area contributed by atoms with Gasteiger partial charge >= 0.3 is 0 Å². The van der Waals surface area contributed by atoms with Gasteiger partial charge in [-0.15, -0.1) is 11.3 Å². The number of anilines is 1. The molecule has 1 aliphatic carbocycles. The minimum absolute atomic E-state index is 0.294. The summed E-state index contributed by atoms with van der Waals surface area (Å²) < 4.78 is 0. The van der Waals surface area contributed by atoms with Crippen LogP contribution >= 0.6 is 11.3 Å². The Morgan fingerprint density at radius 3 is 2.67 bits per heavy atom.